The van der Waals surface area contributed by atoms with Crippen molar-refractivity contribution in [2.75, 3.05) is 6.54 Å². The molecule has 1 saturated heterocycles. The number of rotatable bonds is 11. The highest BCUT2D eigenvalue weighted by atomic mass is 16.5. The van der Waals surface area contributed by atoms with Gasteiger partial charge in [0.1, 0.15) is 0 Å². The molecule has 3 heterocycles. The SMILES string of the molecule is CCCCCCCCCCn1ccc2c(-c3noc([C@@H]4CCC[N+]4=C(N)N)n3)cccc21. The highest BCUT2D eigenvalue weighted by Crippen LogP contribution is 2.31. The number of aryl methyl sites for hydroxylation is 1. The van der Waals surface area contributed by atoms with Crippen molar-refractivity contribution in [3.05, 3.63) is 36.4 Å². The second-order valence-electron chi connectivity index (χ2n) is 8.95. The number of fused-ring (bicyclic) bond motifs is 1. The zero-order chi connectivity index (χ0) is 22.3. The lowest BCUT2D eigenvalue weighted by Crippen LogP contribution is -2.35. The van der Waals surface area contributed by atoms with E-state index in [-0.39, 0.29) is 6.04 Å². The van der Waals surface area contributed by atoms with Crippen molar-refractivity contribution in [1.29, 1.82) is 0 Å². The molecule has 1 atom stereocenters. The Morgan fingerprint density at radius 2 is 1.88 bits per heavy atom. The first-order chi connectivity index (χ1) is 15.7. The summed E-state index contributed by atoms with van der Waals surface area (Å²) in [5.41, 5.74) is 13.9. The van der Waals surface area contributed by atoms with E-state index >= 15 is 0 Å². The summed E-state index contributed by atoms with van der Waals surface area (Å²) < 4.78 is 9.92. The van der Waals surface area contributed by atoms with Crippen LogP contribution in [0.1, 0.15) is 83.1 Å². The lowest BCUT2D eigenvalue weighted by Gasteiger charge is -2.07. The molecule has 0 unspecified atom stereocenters. The van der Waals surface area contributed by atoms with Crippen LogP contribution in [0.25, 0.3) is 22.3 Å². The van der Waals surface area contributed by atoms with E-state index in [9.17, 15) is 0 Å². The first-order valence-corrected chi connectivity index (χ1v) is 12.3. The Kier molecular flexibility index (Phi) is 7.45. The van der Waals surface area contributed by atoms with Gasteiger partial charge in [0, 0.05) is 29.2 Å². The Morgan fingerprint density at radius 3 is 2.66 bits per heavy atom. The number of benzene rings is 1. The number of nitrogens with two attached hydrogens (primary N) is 2. The van der Waals surface area contributed by atoms with Gasteiger partial charge in [-0.05, 0) is 31.4 Å². The van der Waals surface area contributed by atoms with Gasteiger partial charge in [-0.3, -0.25) is 16.0 Å². The third-order valence-corrected chi connectivity index (χ3v) is 6.62. The van der Waals surface area contributed by atoms with Gasteiger partial charge in [0.15, 0.2) is 6.04 Å². The van der Waals surface area contributed by atoms with Crippen LogP contribution in [0.15, 0.2) is 35.0 Å². The zero-order valence-corrected chi connectivity index (χ0v) is 19.3. The van der Waals surface area contributed by atoms with Crippen LogP contribution < -0.4 is 11.5 Å². The maximum Gasteiger partial charge on any atom is 0.341 e. The van der Waals surface area contributed by atoms with Gasteiger partial charge in [-0.25, -0.2) is 0 Å². The molecule has 3 aromatic rings. The Morgan fingerprint density at radius 1 is 1.09 bits per heavy atom. The standard InChI is InChI=1S/C25H36N6O/c1-2-3-4-5-6-7-8-9-16-30-18-15-19-20(12-10-13-21(19)30)23-28-24(32-29-23)22-14-11-17-31(22)25(26)27/h10,12-13,15,18,22H,2-9,11,14,16-17H2,1H3,(H3,26,27)/p+1/t22-/m0/s1. The van der Waals surface area contributed by atoms with E-state index in [0.29, 0.717) is 17.7 Å². The average Bonchev–Trinajstić information content (AvgIpc) is 3.54. The van der Waals surface area contributed by atoms with Gasteiger partial charge in [0.2, 0.25) is 5.82 Å². The number of hydrogen-bond acceptors (Lipinski definition) is 3. The maximum absolute atomic E-state index is 5.83. The topological polar surface area (TPSA) is 98.9 Å². The molecule has 0 saturated carbocycles. The van der Waals surface area contributed by atoms with Crippen LogP contribution in [0, 0.1) is 0 Å². The predicted molar refractivity (Wildman–Crippen MR) is 128 cm³/mol. The molecule has 0 bridgehead atoms. The number of aromatic nitrogens is 3. The fraction of sp³-hybridized carbons (Fsp3) is 0.560. The summed E-state index contributed by atoms with van der Waals surface area (Å²) in [6.07, 6.45) is 14.8. The fourth-order valence-electron chi connectivity index (χ4n) is 4.84. The van der Waals surface area contributed by atoms with Crippen LogP contribution >= 0.6 is 0 Å². The lowest BCUT2D eigenvalue weighted by atomic mass is 10.1. The van der Waals surface area contributed by atoms with E-state index < -0.39 is 0 Å². The summed E-state index contributed by atoms with van der Waals surface area (Å²) in [5.74, 6) is 1.52. The first-order valence-electron chi connectivity index (χ1n) is 12.3. The summed E-state index contributed by atoms with van der Waals surface area (Å²) in [7, 11) is 0. The highest BCUT2D eigenvalue weighted by Gasteiger charge is 2.31. The Balaban J connectivity index is 1.42. The molecule has 1 aromatic carbocycles. The summed E-state index contributed by atoms with van der Waals surface area (Å²) in [5, 5.41) is 5.45. The summed E-state index contributed by atoms with van der Waals surface area (Å²) in [6.45, 7) is 4.13. The van der Waals surface area contributed by atoms with Crippen molar-refractivity contribution in [2.45, 2.75) is 83.7 Å². The van der Waals surface area contributed by atoms with Crippen LogP contribution in [0.5, 0.6) is 0 Å². The van der Waals surface area contributed by atoms with Crippen LogP contribution in [-0.2, 0) is 6.54 Å². The van der Waals surface area contributed by atoms with Crippen molar-refractivity contribution in [3.8, 4) is 11.4 Å². The highest BCUT2D eigenvalue weighted by molar-refractivity contribution is 5.93. The second kappa shape index (κ2) is 10.7. The fourth-order valence-corrected chi connectivity index (χ4v) is 4.84. The van der Waals surface area contributed by atoms with Gasteiger partial charge in [-0.1, -0.05) is 69.2 Å². The molecule has 32 heavy (non-hydrogen) atoms. The number of unbranched alkanes of at least 4 members (excludes halogenated alkanes) is 7. The minimum absolute atomic E-state index is 0.0352. The van der Waals surface area contributed by atoms with E-state index in [4.69, 9.17) is 21.0 Å². The van der Waals surface area contributed by atoms with Crippen molar-refractivity contribution < 1.29 is 9.10 Å². The largest absolute Gasteiger partial charge is 0.347 e. The average molecular weight is 438 g/mol. The molecule has 2 aromatic heterocycles. The third kappa shape index (κ3) is 4.97. The third-order valence-electron chi connectivity index (χ3n) is 6.62. The van der Waals surface area contributed by atoms with E-state index in [1.807, 2.05) is 4.58 Å². The van der Waals surface area contributed by atoms with Crippen molar-refractivity contribution in [1.82, 2.24) is 14.7 Å². The van der Waals surface area contributed by atoms with Crippen LogP contribution in [0.2, 0.25) is 0 Å². The molecule has 172 valence electrons. The molecule has 1 aliphatic rings. The van der Waals surface area contributed by atoms with Crippen LogP contribution in [0.4, 0.5) is 0 Å². The van der Waals surface area contributed by atoms with Gasteiger partial charge in [0.25, 0.3) is 5.89 Å². The molecule has 0 spiro atoms. The van der Waals surface area contributed by atoms with Gasteiger partial charge < -0.3 is 9.09 Å². The summed E-state index contributed by atoms with van der Waals surface area (Å²) in [6, 6.07) is 8.44. The minimum Gasteiger partial charge on any atom is -0.347 e. The molecule has 1 fully saturated rings. The van der Waals surface area contributed by atoms with E-state index in [1.54, 1.807) is 0 Å². The molecule has 0 radical (unpaired) electrons. The molecule has 4 N–H and O–H groups in total. The smallest absolute Gasteiger partial charge is 0.341 e. The molecule has 4 rings (SSSR count). The monoisotopic (exact) mass is 437 g/mol. The molecule has 7 nitrogen and oxygen atoms in total. The first kappa shape index (κ1) is 22.4. The molecule has 0 amide bonds. The summed E-state index contributed by atoms with van der Waals surface area (Å²) in [4.78, 5) is 4.72. The zero-order valence-electron chi connectivity index (χ0n) is 19.3. The molecule has 0 aliphatic carbocycles. The van der Waals surface area contributed by atoms with E-state index in [0.717, 1.165) is 36.9 Å². The summed E-state index contributed by atoms with van der Waals surface area (Å²) >= 11 is 0. The Labute approximate surface area is 190 Å². The van der Waals surface area contributed by atoms with E-state index in [1.165, 1.54) is 56.9 Å². The van der Waals surface area contributed by atoms with Gasteiger partial charge >= 0.3 is 5.96 Å². The van der Waals surface area contributed by atoms with Gasteiger partial charge in [-0.15, -0.1) is 0 Å². The number of nitrogens with zero attached hydrogens (tertiary/aromatic N) is 4. The van der Waals surface area contributed by atoms with Crippen molar-refractivity contribution in [2.24, 2.45) is 11.5 Å². The maximum atomic E-state index is 5.83. The second-order valence-corrected chi connectivity index (χ2v) is 8.95. The van der Waals surface area contributed by atoms with Crippen LogP contribution in [0.3, 0.4) is 0 Å². The van der Waals surface area contributed by atoms with Gasteiger partial charge in [-0.2, -0.15) is 4.98 Å². The Bertz CT molecular complexity index is 1050. The van der Waals surface area contributed by atoms with E-state index in [2.05, 4.69) is 47.1 Å². The number of guanidine groups is 1. The van der Waals surface area contributed by atoms with Crippen LogP contribution in [-0.4, -0.2) is 31.8 Å². The van der Waals surface area contributed by atoms with Crippen molar-refractivity contribution >= 4 is 16.9 Å². The number of hydrogen-bond donors (Lipinski definition) is 2. The van der Waals surface area contributed by atoms with Gasteiger partial charge in [0.05, 0.1) is 6.54 Å². The molecular formula is C25H37N6O+. The minimum atomic E-state index is -0.0352. The molecular weight excluding hydrogens is 400 g/mol. The Hall–Kier alpha value is -2.83. The lowest BCUT2D eigenvalue weighted by molar-refractivity contribution is -0.555. The quantitative estimate of drug-likeness (QED) is 0.251. The van der Waals surface area contributed by atoms with Crippen molar-refractivity contribution in [3.63, 3.8) is 0 Å². The molecule has 7 heteroatoms. The predicted octanol–water partition coefficient (Wildman–Crippen LogP) is 4.95. The molecule has 1 aliphatic heterocycles. The normalized spacial score (nSPS) is 16.3.